The Morgan fingerprint density at radius 1 is 1.22 bits per heavy atom. The Balaban J connectivity index is 1.65. The Hall–Kier alpha value is -2.64. The van der Waals surface area contributed by atoms with E-state index in [0.29, 0.717) is 30.6 Å². The van der Waals surface area contributed by atoms with Crippen molar-refractivity contribution in [2.24, 2.45) is 4.99 Å². The molecule has 27 heavy (non-hydrogen) atoms. The highest BCUT2D eigenvalue weighted by molar-refractivity contribution is 5.79. The second-order valence-corrected chi connectivity index (χ2v) is 6.57. The van der Waals surface area contributed by atoms with Gasteiger partial charge in [0, 0.05) is 25.9 Å². The number of rotatable bonds is 9. The van der Waals surface area contributed by atoms with Crippen LogP contribution in [-0.2, 0) is 6.42 Å². The summed E-state index contributed by atoms with van der Waals surface area (Å²) in [5.41, 5.74) is 0. The largest absolute Gasteiger partial charge is 0.489 e. The molecule has 1 aromatic heterocycles. The van der Waals surface area contributed by atoms with Crippen LogP contribution < -0.4 is 15.4 Å². The van der Waals surface area contributed by atoms with Crippen molar-refractivity contribution < 1.29 is 13.7 Å². The first-order valence-electron chi connectivity index (χ1n) is 9.17. The number of hydrogen-bond acceptors (Lipinski definition) is 5. The monoisotopic (exact) mass is 377 g/mol. The molecular formula is C19H28FN5O2. The zero-order valence-electron chi connectivity index (χ0n) is 16.3. The molecule has 0 radical (unpaired) electrons. The van der Waals surface area contributed by atoms with Crippen LogP contribution in [0.25, 0.3) is 0 Å². The van der Waals surface area contributed by atoms with Gasteiger partial charge in [-0.05, 0) is 37.6 Å². The minimum atomic E-state index is -0.279. The molecule has 1 atom stereocenters. The van der Waals surface area contributed by atoms with Crippen LogP contribution in [0.4, 0.5) is 4.39 Å². The number of guanidine groups is 1. The van der Waals surface area contributed by atoms with Crippen molar-refractivity contribution in [1.82, 2.24) is 20.8 Å². The molecule has 0 aliphatic rings. The van der Waals surface area contributed by atoms with Crippen molar-refractivity contribution in [2.75, 3.05) is 20.1 Å². The van der Waals surface area contributed by atoms with E-state index in [-0.39, 0.29) is 17.8 Å². The highest BCUT2D eigenvalue weighted by atomic mass is 19.1. The average Bonchev–Trinajstić information content (AvgIpc) is 3.12. The number of aryl methyl sites for hydroxylation is 1. The summed E-state index contributed by atoms with van der Waals surface area (Å²) < 4.78 is 23.9. The Bertz CT molecular complexity index is 715. The Kier molecular flexibility index (Phi) is 8.03. The maximum absolute atomic E-state index is 12.9. The minimum absolute atomic E-state index is 0.0955. The van der Waals surface area contributed by atoms with Gasteiger partial charge in [0.2, 0.25) is 5.89 Å². The number of hydrogen-bond donors (Lipinski definition) is 2. The first kappa shape index (κ1) is 20.7. The van der Waals surface area contributed by atoms with Gasteiger partial charge < -0.3 is 19.9 Å². The zero-order valence-corrected chi connectivity index (χ0v) is 16.3. The van der Waals surface area contributed by atoms with E-state index < -0.39 is 0 Å². The molecule has 2 aromatic rings. The van der Waals surface area contributed by atoms with Crippen LogP contribution >= 0.6 is 0 Å². The molecule has 0 aliphatic carbocycles. The van der Waals surface area contributed by atoms with Crippen molar-refractivity contribution in [1.29, 1.82) is 0 Å². The summed E-state index contributed by atoms with van der Waals surface area (Å²) in [5, 5.41) is 10.4. The van der Waals surface area contributed by atoms with Crippen LogP contribution in [0.5, 0.6) is 5.75 Å². The summed E-state index contributed by atoms with van der Waals surface area (Å²) in [5.74, 6) is 2.71. The number of nitrogens with one attached hydrogen (secondary N) is 2. The number of benzene rings is 1. The quantitative estimate of drug-likeness (QED) is 0.397. The first-order valence-corrected chi connectivity index (χ1v) is 9.17. The number of ether oxygens (including phenoxy) is 1. The minimum Gasteiger partial charge on any atom is -0.489 e. The van der Waals surface area contributed by atoms with Gasteiger partial charge in [0.25, 0.3) is 0 Å². The Morgan fingerprint density at radius 3 is 2.59 bits per heavy atom. The van der Waals surface area contributed by atoms with Crippen LogP contribution in [0.3, 0.4) is 0 Å². The van der Waals surface area contributed by atoms with Crippen LogP contribution in [0.15, 0.2) is 33.8 Å². The van der Waals surface area contributed by atoms with Gasteiger partial charge >= 0.3 is 0 Å². The topological polar surface area (TPSA) is 84.6 Å². The van der Waals surface area contributed by atoms with E-state index in [1.54, 1.807) is 19.2 Å². The van der Waals surface area contributed by atoms with Crippen LogP contribution in [0.2, 0.25) is 0 Å². The lowest BCUT2D eigenvalue weighted by molar-refractivity contribution is 0.223. The zero-order chi connectivity index (χ0) is 19.6. The summed E-state index contributed by atoms with van der Waals surface area (Å²) in [4.78, 5) is 8.55. The lowest BCUT2D eigenvalue weighted by atomic mass is 10.2. The second kappa shape index (κ2) is 10.5. The van der Waals surface area contributed by atoms with E-state index in [1.165, 1.54) is 12.1 Å². The molecule has 0 aliphatic heterocycles. The average molecular weight is 377 g/mol. The number of aliphatic imine (C=N–C) groups is 1. The molecule has 0 spiro atoms. The third-order valence-corrected chi connectivity index (χ3v) is 3.79. The van der Waals surface area contributed by atoms with E-state index in [2.05, 4.69) is 25.8 Å². The SMILES string of the molecule is CN=C(NCCCc1nc(C(C)C)no1)NCC(C)Oc1ccc(F)cc1. The number of aromatic nitrogens is 2. The van der Waals surface area contributed by atoms with Gasteiger partial charge in [0.1, 0.15) is 17.7 Å². The van der Waals surface area contributed by atoms with E-state index in [1.807, 2.05) is 20.8 Å². The standard InChI is InChI=1S/C19H28FN5O2/c1-13(2)18-24-17(27-25-18)6-5-11-22-19(21-4)23-12-14(3)26-16-9-7-15(20)8-10-16/h7-10,13-14H,5-6,11-12H2,1-4H3,(H2,21,22,23). The van der Waals surface area contributed by atoms with E-state index >= 15 is 0 Å². The first-order chi connectivity index (χ1) is 13.0. The molecule has 2 rings (SSSR count). The van der Waals surface area contributed by atoms with Gasteiger partial charge in [-0.2, -0.15) is 4.98 Å². The maximum Gasteiger partial charge on any atom is 0.226 e. The van der Waals surface area contributed by atoms with Gasteiger partial charge in [0.05, 0.1) is 6.54 Å². The molecule has 0 saturated heterocycles. The van der Waals surface area contributed by atoms with Gasteiger partial charge in [-0.15, -0.1) is 0 Å². The highest BCUT2D eigenvalue weighted by Crippen LogP contribution is 2.12. The van der Waals surface area contributed by atoms with Crippen LogP contribution in [0.1, 0.15) is 44.8 Å². The van der Waals surface area contributed by atoms with Gasteiger partial charge in [-0.1, -0.05) is 19.0 Å². The second-order valence-electron chi connectivity index (χ2n) is 6.57. The molecule has 1 unspecified atom stereocenters. The molecule has 1 heterocycles. The number of halogens is 1. The van der Waals surface area contributed by atoms with E-state index in [0.717, 1.165) is 18.8 Å². The molecule has 0 saturated carbocycles. The van der Waals surface area contributed by atoms with E-state index in [9.17, 15) is 4.39 Å². The van der Waals surface area contributed by atoms with Crippen molar-refractivity contribution in [3.63, 3.8) is 0 Å². The number of nitrogens with zero attached hydrogens (tertiary/aromatic N) is 3. The highest BCUT2D eigenvalue weighted by Gasteiger charge is 2.09. The summed E-state index contributed by atoms with van der Waals surface area (Å²) in [6.07, 6.45) is 1.47. The summed E-state index contributed by atoms with van der Waals surface area (Å²) >= 11 is 0. The van der Waals surface area contributed by atoms with E-state index in [4.69, 9.17) is 9.26 Å². The third-order valence-electron chi connectivity index (χ3n) is 3.79. The van der Waals surface area contributed by atoms with Crippen molar-refractivity contribution in [3.05, 3.63) is 41.8 Å². The normalized spacial score (nSPS) is 12.9. The summed E-state index contributed by atoms with van der Waals surface area (Å²) in [6, 6.07) is 5.98. The van der Waals surface area contributed by atoms with Crippen molar-refractivity contribution >= 4 is 5.96 Å². The Labute approximate surface area is 159 Å². The van der Waals surface area contributed by atoms with Crippen molar-refractivity contribution in [2.45, 2.75) is 45.6 Å². The van der Waals surface area contributed by atoms with Crippen LogP contribution in [0, 0.1) is 5.82 Å². The third kappa shape index (κ3) is 7.24. The van der Waals surface area contributed by atoms with Gasteiger partial charge in [0.15, 0.2) is 11.8 Å². The fourth-order valence-corrected chi connectivity index (χ4v) is 2.30. The smallest absolute Gasteiger partial charge is 0.226 e. The maximum atomic E-state index is 12.9. The predicted octanol–water partition coefficient (Wildman–Crippen LogP) is 2.90. The van der Waals surface area contributed by atoms with Crippen molar-refractivity contribution in [3.8, 4) is 5.75 Å². The molecule has 148 valence electrons. The fourth-order valence-electron chi connectivity index (χ4n) is 2.30. The molecule has 7 nitrogen and oxygen atoms in total. The summed E-state index contributed by atoms with van der Waals surface area (Å²) in [6.45, 7) is 7.30. The molecule has 1 aromatic carbocycles. The lowest BCUT2D eigenvalue weighted by Crippen LogP contribution is -2.42. The molecular weight excluding hydrogens is 349 g/mol. The van der Waals surface area contributed by atoms with Gasteiger partial charge in [-0.3, -0.25) is 4.99 Å². The predicted molar refractivity (Wildman–Crippen MR) is 103 cm³/mol. The molecule has 0 amide bonds. The molecule has 2 N–H and O–H groups in total. The molecule has 0 bridgehead atoms. The van der Waals surface area contributed by atoms with Crippen LogP contribution in [-0.4, -0.2) is 42.3 Å². The molecule has 0 fully saturated rings. The summed E-state index contributed by atoms with van der Waals surface area (Å²) in [7, 11) is 1.72. The molecule has 8 heteroatoms. The lowest BCUT2D eigenvalue weighted by Gasteiger charge is -2.17. The fraction of sp³-hybridized carbons (Fsp3) is 0.526. The Morgan fingerprint density at radius 2 is 1.96 bits per heavy atom. The van der Waals surface area contributed by atoms with Gasteiger partial charge in [-0.25, -0.2) is 4.39 Å².